The van der Waals surface area contributed by atoms with Crippen LogP contribution in [0.25, 0.3) is 11.4 Å². The lowest BCUT2D eigenvalue weighted by Gasteiger charge is -2.03. The number of aromatic nitrogens is 3. The Kier molecular flexibility index (Phi) is 3.27. The van der Waals surface area contributed by atoms with E-state index in [2.05, 4.69) is 15.2 Å². The second-order valence-corrected chi connectivity index (χ2v) is 5.44. The van der Waals surface area contributed by atoms with Crippen LogP contribution < -0.4 is 0 Å². The van der Waals surface area contributed by atoms with Gasteiger partial charge in [-0.3, -0.25) is 5.10 Å². The van der Waals surface area contributed by atoms with Gasteiger partial charge in [-0.15, -0.1) is 0 Å². The third kappa shape index (κ3) is 2.13. The average molecular weight is 282 g/mol. The molecule has 5 heteroatoms. The minimum absolute atomic E-state index is 0.507. The van der Waals surface area contributed by atoms with Crippen molar-refractivity contribution in [3.8, 4) is 11.4 Å². The van der Waals surface area contributed by atoms with E-state index in [4.69, 9.17) is 23.2 Å². The topological polar surface area (TPSA) is 41.6 Å². The van der Waals surface area contributed by atoms with Crippen molar-refractivity contribution in [1.82, 2.24) is 15.2 Å². The van der Waals surface area contributed by atoms with Crippen molar-refractivity contribution in [3.05, 3.63) is 34.1 Å². The first-order valence-electron chi connectivity index (χ1n) is 6.12. The Morgan fingerprint density at radius 3 is 2.44 bits per heavy atom. The fourth-order valence-electron chi connectivity index (χ4n) is 2.48. The number of rotatable bonds is 2. The van der Waals surface area contributed by atoms with Crippen LogP contribution in [0.15, 0.2) is 18.2 Å². The highest BCUT2D eigenvalue weighted by molar-refractivity contribution is 6.38. The molecule has 0 bridgehead atoms. The van der Waals surface area contributed by atoms with Gasteiger partial charge in [-0.25, -0.2) is 4.98 Å². The molecule has 1 fully saturated rings. The zero-order valence-corrected chi connectivity index (χ0v) is 11.3. The highest BCUT2D eigenvalue weighted by Gasteiger charge is 2.22. The van der Waals surface area contributed by atoms with Crippen LogP contribution >= 0.6 is 23.2 Å². The molecule has 1 aliphatic rings. The molecule has 0 unspecified atom stereocenters. The number of nitrogens with zero attached hydrogens (tertiary/aromatic N) is 2. The minimum Gasteiger partial charge on any atom is -0.262 e. The number of hydrogen-bond acceptors (Lipinski definition) is 2. The van der Waals surface area contributed by atoms with Gasteiger partial charge in [0.2, 0.25) is 0 Å². The van der Waals surface area contributed by atoms with Gasteiger partial charge in [0, 0.05) is 5.92 Å². The summed E-state index contributed by atoms with van der Waals surface area (Å²) in [5.74, 6) is 2.05. The zero-order valence-electron chi connectivity index (χ0n) is 9.79. The smallest absolute Gasteiger partial charge is 0.184 e. The lowest BCUT2D eigenvalue weighted by atomic mass is 10.1. The SMILES string of the molecule is Clc1cccc(Cl)c1-c1n[nH]c(C2CCCC2)n1. The second kappa shape index (κ2) is 4.90. The van der Waals surface area contributed by atoms with Gasteiger partial charge >= 0.3 is 0 Å². The van der Waals surface area contributed by atoms with Gasteiger partial charge in [-0.1, -0.05) is 42.1 Å². The summed E-state index contributed by atoms with van der Waals surface area (Å²) in [5, 5.41) is 8.44. The van der Waals surface area contributed by atoms with E-state index in [1.165, 1.54) is 25.7 Å². The highest BCUT2D eigenvalue weighted by Crippen LogP contribution is 2.35. The van der Waals surface area contributed by atoms with E-state index >= 15 is 0 Å². The molecule has 0 aliphatic heterocycles. The van der Waals surface area contributed by atoms with Crippen molar-refractivity contribution in [1.29, 1.82) is 0 Å². The predicted molar refractivity (Wildman–Crippen MR) is 73.0 cm³/mol. The number of benzene rings is 1. The molecule has 1 aliphatic carbocycles. The van der Waals surface area contributed by atoms with Crippen LogP contribution in [0.4, 0.5) is 0 Å². The summed E-state index contributed by atoms with van der Waals surface area (Å²) >= 11 is 12.3. The number of hydrogen-bond donors (Lipinski definition) is 1. The van der Waals surface area contributed by atoms with Crippen molar-refractivity contribution in [2.75, 3.05) is 0 Å². The molecular formula is C13H13Cl2N3. The van der Waals surface area contributed by atoms with Crippen molar-refractivity contribution in [2.45, 2.75) is 31.6 Å². The maximum absolute atomic E-state index is 6.15. The summed E-state index contributed by atoms with van der Waals surface area (Å²) < 4.78 is 0. The Labute approximate surface area is 116 Å². The molecule has 0 spiro atoms. The maximum atomic E-state index is 6.15. The van der Waals surface area contributed by atoms with Crippen molar-refractivity contribution in [3.63, 3.8) is 0 Å². The molecule has 1 N–H and O–H groups in total. The van der Waals surface area contributed by atoms with Crippen molar-refractivity contribution >= 4 is 23.2 Å². The van der Waals surface area contributed by atoms with Gasteiger partial charge in [0.1, 0.15) is 5.82 Å². The molecule has 1 aromatic heterocycles. The van der Waals surface area contributed by atoms with Crippen LogP contribution in [-0.4, -0.2) is 15.2 Å². The number of H-pyrrole nitrogens is 1. The monoisotopic (exact) mass is 281 g/mol. The van der Waals surface area contributed by atoms with Gasteiger partial charge in [0.05, 0.1) is 15.6 Å². The average Bonchev–Trinajstić information content (AvgIpc) is 2.99. The molecule has 18 heavy (non-hydrogen) atoms. The molecule has 94 valence electrons. The van der Waals surface area contributed by atoms with Gasteiger partial charge in [0.25, 0.3) is 0 Å². The van der Waals surface area contributed by atoms with Gasteiger partial charge in [0.15, 0.2) is 5.82 Å². The van der Waals surface area contributed by atoms with Gasteiger partial charge < -0.3 is 0 Å². The van der Waals surface area contributed by atoms with Crippen molar-refractivity contribution < 1.29 is 0 Å². The number of aromatic amines is 1. The third-order valence-corrected chi connectivity index (χ3v) is 4.06. The Morgan fingerprint density at radius 1 is 1.11 bits per heavy atom. The molecule has 0 amide bonds. The largest absolute Gasteiger partial charge is 0.262 e. The summed E-state index contributed by atoms with van der Waals surface area (Å²) in [7, 11) is 0. The maximum Gasteiger partial charge on any atom is 0.184 e. The van der Waals surface area contributed by atoms with Crippen LogP contribution in [0, 0.1) is 0 Å². The molecule has 3 nitrogen and oxygen atoms in total. The van der Waals surface area contributed by atoms with Crippen LogP contribution in [-0.2, 0) is 0 Å². The minimum atomic E-state index is 0.507. The second-order valence-electron chi connectivity index (χ2n) is 4.62. The summed E-state index contributed by atoms with van der Waals surface area (Å²) in [6.45, 7) is 0. The van der Waals surface area contributed by atoms with Crippen LogP contribution in [0.3, 0.4) is 0 Å². The van der Waals surface area contributed by atoms with Gasteiger partial charge in [-0.05, 0) is 25.0 Å². The summed E-state index contributed by atoms with van der Waals surface area (Å²) in [5.41, 5.74) is 0.710. The first-order chi connectivity index (χ1) is 8.75. The van der Waals surface area contributed by atoms with Gasteiger partial charge in [-0.2, -0.15) is 5.10 Å². The Hall–Kier alpha value is -1.06. The van der Waals surface area contributed by atoms with E-state index in [1.807, 2.05) is 6.07 Å². The van der Waals surface area contributed by atoms with E-state index in [0.29, 0.717) is 27.4 Å². The molecule has 3 rings (SSSR count). The third-order valence-electron chi connectivity index (χ3n) is 3.43. The Bertz CT molecular complexity index is 539. The molecule has 1 aromatic carbocycles. The highest BCUT2D eigenvalue weighted by atomic mass is 35.5. The normalized spacial score (nSPS) is 16.3. The van der Waals surface area contributed by atoms with E-state index < -0.39 is 0 Å². The molecule has 1 heterocycles. The van der Waals surface area contributed by atoms with Crippen molar-refractivity contribution in [2.24, 2.45) is 0 Å². The molecule has 0 saturated heterocycles. The quantitative estimate of drug-likeness (QED) is 0.884. The van der Waals surface area contributed by atoms with E-state index in [9.17, 15) is 0 Å². The number of halogens is 2. The lowest BCUT2D eigenvalue weighted by Crippen LogP contribution is -1.94. The van der Waals surface area contributed by atoms with Crippen LogP contribution in [0.1, 0.15) is 37.4 Å². The fourth-order valence-corrected chi connectivity index (χ4v) is 3.05. The first-order valence-corrected chi connectivity index (χ1v) is 6.88. The Morgan fingerprint density at radius 2 is 1.78 bits per heavy atom. The predicted octanol–water partition coefficient (Wildman–Crippen LogP) is 4.44. The van der Waals surface area contributed by atoms with Crippen LogP contribution in [0.5, 0.6) is 0 Å². The number of nitrogens with one attached hydrogen (secondary N) is 1. The molecule has 0 radical (unpaired) electrons. The summed E-state index contributed by atoms with van der Waals surface area (Å²) in [6, 6.07) is 5.42. The molecule has 2 aromatic rings. The van der Waals surface area contributed by atoms with E-state index in [0.717, 1.165) is 5.82 Å². The first kappa shape index (κ1) is 12.0. The van der Waals surface area contributed by atoms with Crippen LogP contribution in [0.2, 0.25) is 10.0 Å². The summed E-state index contributed by atoms with van der Waals surface area (Å²) in [6.07, 6.45) is 4.91. The standard InChI is InChI=1S/C13H13Cl2N3/c14-9-6-3-7-10(15)11(9)13-16-12(17-18-13)8-4-1-2-5-8/h3,6-8H,1-2,4-5H2,(H,16,17,18). The molecule has 1 saturated carbocycles. The lowest BCUT2D eigenvalue weighted by molar-refractivity contribution is 0.672. The molecule has 0 atom stereocenters. The Balaban J connectivity index is 1.97. The summed E-state index contributed by atoms with van der Waals surface area (Å²) in [4.78, 5) is 4.55. The zero-order chi connectivity index (χ0) is 12.5. The van der Waals surface area contributed by atoms with E-state index in [-0.39, 0.29) is 0 Å². The molecular weight excluding hydrogens is 269 g/mol. The fraction of sp³-hybridized carbons (Fsp3) is 0.385. The van der Waals surface area contributed by atoms with E-state index in [1.54, 1.807) is 12.1 Å².